The monoisotopic (exact) mass is 358 g/mol. The second-order valence-corrected chi connectivity index (χ2v) is 6.74. The molecule has 1 rings (SSSR count). The van der Waals surface area contributed by atoms with Crippen LogP contribution < -0.4 is 0 Å². The van der Waals surface area contributed by atoms with Crippen LogP contribution in [0.2, 0.25) is 0 Å². The van der Waals surface area contributed by atoms with Crippen molar-refractivity contribution in [2.75, 3.05) is 13.2 Å². The van der Waals surface area contributed by atoms with E-state index in [-0.39, 0.29) is 0 Å². The van der Waals surface area contributed by atoms with E-state index in [0.717, 1.165) is 44.5 Å². The van der Waals surface area contributed by atoms with Gasteiger partial charge in [-0.3, -0.25) is 0 Å². The first-order chi connectivity index (χ1) is 12.0. The molecule has 144 valence electrons. The Morgan fingerprint density at radius 3 is 1.76 bits per heavy atom. The maximum absolute atomic E-state index is 12.5. The first-order valence-corrected chi connectivity index (χ1v) is 9.78. The van der Waals surface area contributed by atoms with Gasteiger partial charge < -0.3 is 4.74 Å². The summed E-state index contributed by atoms with van der Waals surface area (Å²) >= 11 is 0. The minimum absolute atomic E-state index is 0.562. The molecular weight excluding hydrogens is 325 g/mol. The molecule has 1 aromatic carbocycles. The molecule has 0 aliphatic heterocycles. The fourth-order valence-corrected chi connectivity index (χ4v) is 2.88. The van der Waals surface area contributed by atoms with Crippen molar-refractivity contribution >= 4 is 0 Å². The van der Waals surface area contributed by atoms with Gasteiger partial charge in [0.25, 0.3) is 0 Å². The summed E-state index contributed by atoms with van der Waals surface area (Å²) < 4.78 is 42.9. The third-order valence-electron chi connectivity index (χ3n) is 4.38. The van der Waals surface area contributed by atoms with Gasteiger partial charge in [0, 0.05) is 13.2 Å². The lowest BCUT2D eigenvalue weighted by Crippen LogP contribution is -2.04. The Morgan fingerprint density at radius 1 is 0.720 bits per heavy atom. The average molecular weight is 358 g/mol. The number of halogens is 3. The normalized spacial score (nSPS) is 11.8. The molecule has 1 nitrogen and oxygen atoms in total. The molecule has 0 N–H and O–H groups in total. The minimum Gasteiger partial charge on any atom is -0.381 e. The first kappa shape index (κ1) is 22.0. The molecule has 0 fully saturated rings. The van der Waals surface area contributed by atoms with Crippen LogP contribution in [0.4, 0.5) is 13.2 Å². The summed E-state index contributed by atoms with van der Waals surface area (Å²) in [6.45, 7) is 3.91. The Kier molecular flexibility index (Phi) is 11.6. The van der Waals surface area contributed by atoms with Crippen molar-refractivity contribution < 1.29 is 17.9 Å². The summed E-state index contributed by atoms with van der Waals surface area (Å²) in [5, 5.41) is 0. The van der Waals surface area contributed by atoms with E-state index in [9.17, 15) is 13.2 Å². The zero-order valence-corrected chi connectivity index (χ0v) is 15.5. The molecule has 0 spiro atoms. The van der Waals surface area contributed by atoms with Crippen LogP contribution in [0.1, 0.15) is 82.3 Å². The predicted molar refractivity (Wildman–Crippen MR) is 97.8 cm³/mol. The van der Waals surface area contributed by atoms with Gasteiger partial charge in [0.2, 0.25) is 0 Å². The highest BCUT2D eigenvalue weighted by atomic mass is 19.4. The average Bonchev–Trinajstić information content (AvgIpc) is 2.58. The number of rotatable bonds is 14. The van der Waals surface area contributed by atoms with Crippen LogP contribution in [0, 0.1) is 0 Å². The molecule has 0 unspecified atom stereocenters. The smallest absolute Gasteiger partial charge is 0.381 e. The summed E-state index contributed by atoms with van der Waals surface area (Å²) in [6.07, 6.45) is 8.75. The van der Waals surface area contributed by atoms with Gasteiger partial charge >= 0.3 is 6.18 Å². The Morgan fingerprint density at radius 2 is 1.24 bits per heavy atom. The lowest BCUT2D eigenvalue weighted by molar-refractivity contribution is -0.137. The Balaban J connectivity index is 1.92. The summed E-state index contributed by atoms with van der Waals surface area (Å²) in [4.78, 5) is 0. The highest BCUT2D eigenvalue weighted by Crippen LogP contribution is 2.29. The summed E-state index contributed by atoms with van der Waals surface area (Å²) in [6, 6.07) is 5.57. The van der Waals surface area contributed by atoms with Crippen molar-refractivity contribution in [3.05, 3.63) is 35.4 Å². The first-order valence-electron chi connectivity index (χ1n) is 9.78. The van der Waals surface area contributed by atoms with Crippen LogP contribution >= 0.6 is 0 Å². The van der Waals surface area contributed by atoms with Gasteiger partial charge in [0.15, 0.2) is 0 Å². The molecule has 0 saturated heterocycles. The molecule has 1 aromatic rings. The van der Waals surface area contributed by atoms with Crippen molar-refractivity contribution in [1.82, 2.24) is 0 Å². The molecule has 0 saturated carbocycles. The summed E-state index contributed by atoms with van der Waals surface area (Å²) in [5.74, 6) is 0. The van der Waals surface area contributed by atoms with Crippen LogP contribution in [0.15, 0.2) is 24.3 Å². The van der Waals surface area contributed by atoms with E-state index in [2.05, 4.69) is 6.92 Å². The van der Waals surface area contributed by atoms with Gasteiger partial charge in [-0.05, 0) is 43.4 Å². The van der Waals surface area contributed by atoms with Crippen LogP contribution in [-0.2, 0) is 17.3 Å². The van der Waals surface area contributed by atoms with E-state index in [1.807, 2.05) is 0 Å². The number of benzene rings is 1. The van der Waals surface area contributed by atoms with E-state index >= 15 is 0 Å². The fraction of sp³-hybridized carbons (Fsp3) is 0.714. The van der Waals surface area contributed by atoms with Gasteiger partial charge in [-0.2, -0.15) is 13.2 Å². The molecule has 4 heteroatoms. The largest absolute Gasteiger partial charge is 0.416 e. The quantitative estimate of drug-likeness (QED) is 0.320. The second-order valence-electron chi connectivity index (χ2n) is 6.74. The number of hydrogen-bond donors (Lipinski definition) is 0. The molecule has 0 aliphatic carbocycles. The van der Waals surface area contributed by atoms with Gasteiger partial charge in [-0.25, -0.2) is 0 Å². The topological polar surface area (TPSA) is 9.23 Å². The zero-order chi connectivity index (χ0) is 18.4. The van der Waals surface area contributed by atoms with Crippen molar-refractivity contribution in [2.24, 2.45) is 0 Å². The van der Waals surface area contributed by atoms with Gasteiger partial charge in [-0.1, -0.05) is 64.0 Å². The highest BCUT2D eigenvalue weighted by molar-refractivity contribution is 5.24. The number of unbranched alkanes of at least 4 members (excludes halogenated alkanes) is 8. The fourth-order valence-electron chi connectivity index (χ4n) is 2.88. The second kappa shape index (κ2) is 13.2. The lowest BCUT2D eigenvalue weighted by Gasteiger charge is -2.07. The van der Waals surface area contributed by atoms with E-state index in [4.69, 9.17) is 4.74 Å². The molecule has 0 radical (unpaired) electrons. The van der Waals surface area contributed by atoms with Gasteiger partial charge in [0.1, 0.15) is 0 Å². The molecule has 0 atom stereocenters. The van der Waals surface area contributed by atoms with Crippen molar-refractivity contribution in [3.8, 4) is 0 Å². The van der Waals surface area contributed by atoms with Gasteiger partial charge in [0.05, 0.1) is 5.56 Å². The van der Waals surface area contributed by atoms with Gasteiger partial charge in [-0.15, -0.1) is 0 Å². The van der Waals surface area contributed by atoms with E-state index in [0.29, 0.717) is 0 Å². The van der Waals surface area contributed by atoms with E-state index < -0.39 is 11.7 Å². The van der Waals surface area contributed by atoms with Crippen LogP contribution in [-0.4, -0.2) is 13.2 Å². The highest BCUT2D eigenvalue weighted by Gasteiger charge is 2.29. The zero-order valence-electron chi connectivity index (χ0n) is 15.5. The molecule has 0 aromatic heterocycles. The van der Waals surface area contributed by atoms with Crippen LogP contribution in [0.3, 0.4) is 0 Å². The maximum Gasteiger partial charge on any atom is 0.416 e. The number of hydrogen-bond acceptors (Lipinski definition) is 1. The van der Waals surface area contributed by atoms with E-state index in [1.54, 1.807) is 12.1 Å². The summed E-state index contributed by atoms with van der Waals surface area (Å²) in [5.41, 5.74) is 0.437. The third-order valence-corrected chi connectivity index (χ3v) is 4.38. The minimum atomic E-state index is -4.24. The molecule has 0 heterocycles. The number of aryl methyl sites for hydroxylation is 1. The molecule has 0 aliphatic rings. The molecule has 0 amide bonds. The third kappa shape index (κ3) is 11.2. The number of ether oxygens (including phenoxy) is 1. The van der Waals surface area contributed by atoms with Crippen LogP contribution in [0.5, 0.6) is 0 Å². The molecule has 0 bridgehead atoms. The predicted octanol–water partition coefficient (Wildman–Crippen LogP) is 7.19. The van der Waals surface area contributed by atoms with Crippen molar-refractivity contribution in [2.45, 2.75) is 83.7 Å². The number of alkyl halides is 3. The maximum atomic E-state index is 12.5. The lowest BCUT2D eigenvalue weighted by atomic mass is 10.0. The SMILES string of the molecule is CCCOCCCCCCCCCCCc1ccc(C(F)(F)F)cc1. The Labute approximate surface area is 151 Å². The van der Waals surface area contributed by atoms with E-state index in [1.165, 1.54) is 57.1 Å². The molecule has 25 heavy (non-hydrogen) atoms. The Bertz CT molecular complexity index is 426. The van der Waals surface area contributed by atoms with Crippen LogP contribution in [0.25, 0.3) is 0 Å². The van der Waals surface area contributed by atoms with Crippen molar-refractivity contribution in [1.29, 1.82) is 0 Å². The summed E-state index contributed by atoms with van der Waals surface area (Å²) in [7, 11) is 0. The van der Waals surface area contributed by atoms with Crippen molar-refractivity contribution in [3.63, 3.8) is 0 Å². The molecular formula is C21H33F3O. The Hall–Kier alpha value is -1.03. The standard InChI is InChI=1S/C21H33F3O/c1-2-17-25-18-11-9-7-5-3-4-6-8-10-12-19-13-15-20(16-14-19)21(22,23)24/h13-16H,2-12,17-18H2,1H3.